The summed E-state index contributed by atoms with van der Waals surface area (Å²) in [5.74, 6) is 1.44. The van der Waals surface area contributed by atoms with Gasteiger partial charge in [0.1, 0.15) is 5.75 Å². The van der Waals surface area contributed by atoms with Crippen LogP contribution in [-0.2, 0) is 0 Å². The molecule has 0 N–H and O–H groups in total. The summed E-state index contributed by atoms with van der Waals surface area (Å²) in [7, 11) is 1.68. The van der Waals surface area contributed by atoms with Gasteiger partial charge >= 0.3 is 0 Å². The van der Waals surface area contributed by atoms with Crippen LogP contribution in [-0.4, -0.2) is 12.9 Å². The van der Waals surface area contributed by atoms with Crippen molar-refractivity contribution in [3.8, 4) is 5.75 Å². The molecule has 0 radical (unpaired) electrons. The highest BCUT2D eigenvalue weighted by Gasteiger charge is 2.23. The molecule has 0 heterocycles. The lowest BCUT2D eigenvalue weighted by molar-refractivity contribution is 0.0907. The topological polar surface area (TPSA) is 26.3 Å². The third-order valence-electron chi connectivity index (χ3n) is 4.23. The molecule has 0 amide bonds. The second-order valence-corrected chi connectivity index (χ2v) is 5.69. The first-order valence-corrected chi connectivity index (χ1v) is 7.33. The van der Waals surface area contributed by atoms with Crippen LogP contribution in [0.1, 0.15) is 60.0 Å². The molecule has 1 aromatic carbocycles. The van der Waals surface area contributed by atoms with Crippen molar-refractivity contribution in [2.75, 3.05) is 7.11 Å². The molecular weight excluding hydrogens is 236 g/mol. The van der Waals surface area contributed by atoms with E-state index in [9.17, 15) is 4.79 Å². The van der Waals surface area contributed by atoms with Crippen LogP contribution in [0.3, 0.4) is 0 Å². The summed E-state index contributed by atoms with van der Waals surface area (Å²) in [6.45, 7) is 4.01. The number of ether oxygens (including phenoxy) is 1. The van der Waals surface area contributed by atoms with Gasteiger partial charge in [-0.05, 0) is 49.9 Å². The number of hydrogen-bond acceptors (Lipinski definition) is 2. The number of benzene rings is 1. The van der Waals surface area contributed by atoms with E-state index in [2.05, 4.69) is 0 Å². The van der Waals surface area contributed by atoms with Crippen LogP contribution in [0, 0.1) is 19.8 Å². The Morgan fingerprint density at radius 2 is 1.68 bits per heavy atom. The number of ketones is 1. The highest BCUT2D eigenvalue weighted by Crippen LogP contribution is 2.29. The van der Waals surface area contributed by atoms with E-state index in [-0.39, 0.29) is 5.92 Å². The third kappa shape index (κ3) is 3.17. The zero-order valence-electron chi connectivity index (χ0n) is 12.3. The standard InChI is InChI=1S/C17H24O2/c1-12-11-16(19-3)13(2)10-15(12)17(18)14-8-6-4-5-7-9-14/h10-11,14H,4-9H2,1-3H3. The second-order valence-electron chi connectivity index (χ2n) is 5.69. The maximum absolute atomic E-state index is 12.7. The molecule has 2 rings (SSSR count). The molecule has 1 saturated carbocycles. The van der Waals surface area contributed by atoms with Crippen LogP contribution in [0.4, 0.5) is 0 Å². The first-order valence-electron chi connectivity index (χ1n) is 7.33. The van der Waals surface area contributed by atoms with Gasteiger partial charge in [-0.3, -0.25) is 4.79 Å². The molecule has 19 heavy (non-hydrogen) atoms. The first kappa shape index (κ1) is 14.1. The summed E-state index contributed by atoms with van der Waals surface area (Å²) in [6.07, 6.45) is 7.08. The van der Waals surface area contributed by atoms with Gasteiger partial charge in [-0.2, -0.15) is 0 Å². The van der Waals surface area contributed by atoms with Gasteiger partial charge in [0.15, 0.2) is 5.78 Å². The predicted octanol–water partition coefficient (Wildman–Crippen LogP) is 4.47. The van der Waals surface area contributed by atoms with Gasteiger partial charge in [0.25, 0.3) is 0 Å². The number of methoxy groups -OCH3 is 1. The Bertz CT molecular complexity index is 455. The molecule has 0 atom stereocenters. The van der Waals surface area contributed by atoms with Crippen molar-refractivity contribution in [1.29, 1.82) is 0 Å². The zero-order valence-corrected chi connectivity index (χ0v) is 12.3. The minimum Gasteiger partial charge on any atom is -0.496 e. The smallest absolute Gasteiger partial charge is 0.166 e. The lowest BCUT2D eigenvalue weighted by Gasteiger charge is -2.16. The van der Waals surface area contributed by atoms with Crippen molar-refractivity contribution in [2.24, 2.45) is 5.92 Å². The number of carbonyl (C=O) groups excluding carboxylic acids is 1. The van der Waals surface area contributed by atoms with Crippen molar-refractivity contribution >= 4 is 5.78 Å². The zero-order chi connectivity index (χ0) is 13.8. The van der Waals surface area contributed by atoms with E-state index < -0.39 is 0 Å². The highest BCUT2D eigenvalue weighted by atomic mass is 16.5. The first-order chi connectivity index (χ1) is 9.13. The van der Waals surface area contributed by atoms with Gasteiger partial charge in [-0.25, -0.2) is 0 Å². The van der Waals surface area contributed by atoms with E-state index in [1.165, 1.54) is 25.7 Å². The van der Waals surface area contributed by atoms with Crippen molar-refractivity contribution < 1.29 is 9.53 Å². The lowest BCUT2D eigenvalue weighted by Crippen LogP contribution is -2.15. The fourth-order valence-electron chi connectivity index (χ4n) is 3.04. The van der Waals surface area contributed by atoms with Crippen molar-refractivity contribution in [3.05, 3.63) is 28.8 Å². The Morgan fingerprint density at radius 1 is 1.05 bits per heavy atom. The Balaban J connectivity index is 2.25. The largest absolute Gasteiger partial charge is 0.496 e. The number of hydrogen-bond donors (Lipinski definition) is 0. The van der Waals surface area contributed by atoms with Crippen LogP contribution in [0.2, 0.25) is 0 Å². The van der Waals surface area contributed by atoms with Gasteiger partial charge in [0, 0.05) is 11.5 Å². The molecular formula is C17H24O2. The summed E-state index contributed by atoms with van der Waals surface area (Å²) in [5.41, 5.74) is 2.98. The number of aryl methyl sites for hydroxylation is 2. The normalized spacial score (nSPS) is 17.0. The molecule has 0 saturated heterocycles. The van der Waals surface area contributed by atoms with E-state index >= 15 is 0 Å². The van der Waals surface area contributed by atoms with E-state index in [0.717, 1.165) is 35.3 Å². The van der Waals surface area contributed by atoms with Crippen molar-refractivity contribution in [3.63, 3.8) is 0 Å². The molecule has 2 heteroatoms. The fraction of sp³-hybridized carbons (Fsp3) is 0.588. The third-order valence-corrected chi connectivity index (χ3v) is 4.23. The average molecular weight is 260 g/mol. The summed E-state index contributed by atoms with van der Waals surface area (Å²) in [6, 6.07) is 3.99. The Morgan fingerprint density at radius 3 is 2.26 bits per heavy atom. The molecule has 2 nitrogen and oxygen atoms in total. The minimum absolute atomic E-state index is 0.231. The molecule has 0 aromatic heterocycles. The quantitative estimate of drug-likeness (QED) is 0.592. The van der Waals surface area contributed by atoms with Crippen molar-refractivity contribution in [2.45, 2.75) is 52.4 Å². The van der Waals surface area contributed by atoms with Gasteiger partial charge < -0.3 is 4.74 Å². The average Bonchev–Trinajstić information content (AvgIpc) is 2.69. The molecule has 0 aliphatic heterocycles. The molecule has 104 valence electrons. The Kier molecular flexibility index (Phi) is 4.62. The summed E-state index contributed by atoms with van der Waals surface area (Å²) < 4.78 is 5.31. The van der Waals surface area contributed by atoms with Crippen LogP contribution >= 0.6 is 0 Å². The Labute approximate surface area is 116 Å². The second kappa shape index (κ2) is 6.23. The fourth-order valence-corrected chi connectivity index (χ4v) is 3.04. The van der Waals surface area contributed by atoms with E-state index in [1.807, 2.05) is 26.0 Å². The SMILES string of the molecule is COc1cc(C)c(C(=O)C2CCCCCC2)cc1C. The van der Waals surface area contributed by atoms with Gasteiger partial charge in [0.05, 0.1) is 7.11 Å². The molecule has 0 bridgehead atoms. The molecule has 1 aliphatic rings. The van der Waals surface area contributed by atoms with Crippen LogP contribution < -0.4 is 4.74 Å². The molecule has 0 spiro atoms. The highest BCUT2D eigenvalue weighted by molar-refractivity contribution is 5.99. The summed E-state index contributed by atoms with van der Waals surface area (Å²) in [4.78, 5) is 12.7. The van der Waals surface area contributed by atoms with E-state index in [1.54, 1.807) is 7.11 Å². The minimum atomic E-state index is 0.231. The van der Waals surface area contributed by atoms with Crippen molar-refractivity contribution in [1.82, 2.24) is 0 Å². The van der Waals surface area contributed by atoms with Gasteiger partial charge in [-0.15, -0.1) is 0 Å². The van der Waals surface area contributed by atoms with Crippen LogP contribution in [0.25, 0.3) is 0 Å². The number of Topliss-reactive ketones (excluding diaryl/α,β-unsaturated/α-hetero) is 1. The summed E-state index contributed by atoms with van der Waals surface area (Å²) >= 11 is 0. The molecule has 1 fully saturated rings. The number of carbonyl (C=O) groups is 1. The van der Waals surface area contributed by atoms with Gasteiger partial charge in [0.2, 0.25) is 0 Å². The maximum Gasteiger partial charge on any atom is 0.166 e. The van der Waals surface area contributed by atoms with E-state index in [0.29, 0.717) is 5.78 Å². The molecule has 1 aromatic rings. The number of rotatable bonds is 3. The Hall–Kier alpha value is -1.31. The van der Waals surface area contributed by atoms with Gasteiger partial charge in [-0.1, -0.05) is 25.7 Å². The van der Waals surface area contributed by atoms with Crippen LogP contribution in [0.5, 0.6) is 5.75 Å². The summed E-state index contributed by atoms with van der Waals surface area (Å²) in [5, 5.41) is 0. The molecule has 1 aliphatic carbocycles. The van der Waals surface area contributed by atoms with E-state index in [4.69, 9.17) is 4.74 Å². The monoisotopic (exact) mass is 260 g/mol. The van der Waals surface area contributed by atoms with Crippen LogP contribution in [0.15, 0.2) is 12.1 Å². The molecule has 0 unspecified atom stereocenters. The lowest BCUT2D eigenvalue weighted by atomic mass is 9.88. The maximum atomic E-state index is 12.7. The predicted molar refractivity (Wildman–Crippen MR) is 78.0 cm³/mol.